The molecule has 0 saturated heterocycles. The minimum Gasteiger partial charge on any atom is -0.324 e. The molecule has 0 spiro atoms. The monoisotopic (exact) mass is 386 g/mol. The zero-order chi connectivity index (χ0) is 18.7. The van der Waals surface area contributed by atoms with E-state index < -0.39 is 0 Å². The summed E-state index contributed by atoms with van der Waals surface area (Å²) in [7, 11) is 0. The Labute approximate surface area is 161 Å². The molecule has 1 heterocycles. The van der Waals surface area contributed by atoms with Crippen LogP contribution in [0.25, 0.3) is 5.69 Å². The van der Waals surface area contributed by atoms with Crippen molar-refractivity contribution in [2.45, 2.75) is 25.9 Å². The maximum absolute atomic E-state index is 12.2. The summed E-state index contributed by atoms with van der Waals surface area (Å²) < 4.78 is 1.88. The number of carbonyl (C=O) groups excluding carboxylic acids is 1. The minimum atomic E-state index is -0.143. The van der Waals surface area contributed by atoms with Crippen LogP contribution in [0.3, 0.4) is 0 Å². The van der Waals surface area contributed by atoms with Gasteiger partial charge in [0.05, 0.1) is 16.5 Å². The molecule has 0 aliphatic rings. The maximum Gasteiger partial charge on any atom is 0.234 e. The number of benzene rings is 2. The lowest BCUT2D eigenvalue weighted by molar-refractivity contribution is -0.113. The molecular formula is C19H19ClN4OS. The van der Waals surface area contributed by atoms with Gasteiger partial charge >= 0.3 is 0 Å². The number of carbonyl (C=O) groups is 1. The number of anilines is 1. The number of aromatic nitrogens is 3. The molecule has 1 N–H and O–H groups in total. The van der Waals surface area contributed by atoms with Crippen molar-refractivity contribution in [2.75, 3.05) is 11.1 Å². The van der Waals surface area contributed by atoms with Crippen molar-refractivity contribution in [1.29, 1.82) is 0 Å². The first-order chi connectivity index (χ1) is 12.4. The molecule has 26 heavy (non-hydrogen) atoms. The highest BCUT2D eigenvalue weighted by Crippen LogP contribution is 2.24. The summed E-state index contributed by atoms with van der Waals surface area (Å²) >= 11 is 7.49. The number of hydrogen-bond acceptors (Lipinski definition) is 4. The standard InChI is InChI=1S/C19H19ClN4OS/c1-12-4-7-17(16(20)8-12)22-18(25)10-26-19-23-21-11-24(19)15-6-5-13(2)14(3)9-15/h4-9,11H,10H2,1-3H3,(H,22,25). The fraction of sp³-hybridized carbons (Fsp3) is 0.211. The maximum atomic E-state index is 12.2. The zero-order valence-corrected chi connectivity index (χ0v) is 16.4. The van der Waals surface area contributed by atoms with Gasteiger partial charge in [-0.15, -0.1) is 10.2 Å². The second-order valence-electron chi connectivity index (χ2n) is 6.07. The van der Waals surface area contributed by atoms with Gasteiger partial charge in [0.1, 0.15) is 6.33 Å². The Morgan fingerprint density at radius 3 is 2.69 bits per heavy atom. The van der Waals surface area contributed by atoms with Crippen molar-refractivity contribution in [1.82, 2.24) is 14.8 Å². The lowest BCUT2D eigenvalue weighted by Crippen LogP contribution is -2.14. The van der Waals surface area contributed by atoms with Crippen molar-refractivity contribution in [3.05, 3.63) is 64.4 Å². The number of nitrogens with one attached hydrogen (secondary N) is 1. The second-order valence-corrected chi connectivity index (χ2v) is 7.42. The molecule has 5 nitrogen and oxygen atoms in total. The van der Waals surface area contributed by atoms with Gasteiger partial charge < -0.3 is 5.32 Å². The highest BCUT2D eigenvalue weighted by Gasteiger charge is 2.12. The second kappa shape index (κ2) is 7.93. The Morgan fingerprint density at radius 1 is 1.15 bits per heavy atom. The lowest BCUT2D eigenvalue weighted by atomic mass is 10.1. The van der Waals surface area contributed by atoms with Crippen LogP contribution in [-0.4, -0.2) is 26.4 Å². The van der Waals surface area contributed by atoms with Crippen LogP contribution in [0.5, 0.6) is 0 Å². The molecule has 0 saturated carbocycles. The number of amides is 1. The first-order valence-electron chi connectivity index (χ1n) is 8.10. The van der Waals surface area contributed by atoms with Crippen molar-refractivity contribution in [3.63, 3.8) is 0 Å². The summed E-state index contributed by atoms with van der Waals surface area (Å²) in [5, 5.41) is 12.1. The number of thioether (sulfide) groups is 1. The normalized spacial score (nSPS) is 10.8. The van der Waals surface area contributed by atoms with E-state index in [1.54, 1.807) is 12.4 Å². The van der Waals surface area contributed by atoms with Crippen LogP contribution in [0.2, 0.25) is 5.02 Å². The van der Waals surface area contributed by atoms with Gasteiger partial charge in [-0.1, -0.05) is 35.5 Å². The average molecular weight is 387 g/mol. The van der Waals surface area contributed by atoms with Gasteiger partial charge in [-0.05, 0) is 61.7 Å². The first kappa shape index (κ1) is 18.5. The number of nitrogens with zero attached hydrogens (tertiary/aromatic N) is 3. The van der Waals surface area contributed by atoms with Crippen LogP contribution in [0, 0.1) is 20.8 Å². The molecule has 3 rings (SSSR count). The van der Waals surface area contributed by atoms with Gasteiger partial charge in [0.2, 0.25) is 5.91 Å². The average Bonchev–Trinajstić information content (AvgIpc) is 3.06. The van der Waals surface area contributed by atoms with Crippen LogP contribution in [0.1, 0.15) is 16.7 Å². The molecule has 7 heteroatoms. The van der Waals surface area contributed by atoms with Gasteiger partial charge in [-0.3, -0.25) is 9.36 Å². The van der Waals surface area contributed by atoms with E-state index in [2.05, 4.69) is 41.5 Å². The minimum absolute atomic E-state index is 0.143. The zero-order valence-electron chi connectivity index (χ0n) is 14.8. The third-order valence-corrected chi connectivity index (χ3v) is 5.27. The number of rotatable bonds is 5. The van der Waals surface area contributed by atoms with E-state index in [9.17, 15) is 4.79 Å². The predicted molar refractivity (Wildman–Crippen MR) is 106 cm³/mol. The van der Waals surface area contributed by atoms with Gasteiger partial charge in [0.15, 0.2) is 5.16 Å². The SMILES string of the molecule is Cc1ccc(NC(=O)CSc2nncn2-c2ccc(C)c(C)c2)c(Cl)c1. The molecule has 1 aromatic heterocycles. The summed E-state index contributed by atoms with van der Waals surface area (Å²) in [5.41, 5.74) is 5.05. The van der Waals surface area contributed by atoms with E-state index in [1.807, 2.05) is 29.7 Å². The van der Waals surface area contributed by atoms with E-state index >= 15 is 0 Å². The Kier molecular flexibility index (Phi) is 5.64. The van der Waals surface area contributed by atoms with E-state index in [4.69, 9.17) is 11.6 Å². The molecule has 0 radical (unpaired) electrons. The van der Waals surface area contributed by atoms with Gasteiger partial charge in [-0.25, -0.2) is 0 Å². The molecule has 0 aliphatic carbocycles. The summed E-state index contributed by atoms with van der Waals surface area (Å²) in [6.07, 6.45) is 1.65. The molecule has 0 bridgehead atoms. The summed E-state index contributed by atoms with van der Waals surface area (Å²) in [6.45, 7) is 6.09. The van der Waals surface area contributed by atoms with Crippen molar-refractivity contribution >= 4 is 35.0 Å². The molecule has 0 atom stereocenters. The smallest absolute Gasteiger partial charge is 0.234 e. The third-order valence-electron chi connectivity index (χ3n) is 4.02. The molecule has 0 fully saturated rings. The van der Waals surface area contributed by atoms with Crippen LogP contribution in [0.4, 0.5) is 5.69 Å². The van der Waals surface area contributed by atoms with Gasteiger partial charge in [-0.2, -0.15) is 0 Å². The van der Waals surface area contributed by atoms with Crippen molar-refractivity contribution < 1.29 is 4.79 Å². The van der Waals surface area contributed by atoms with E-state index in [1.165, 1.54) is 22.9 Å². The molecular weight excluding hydrogens is 368 g/mol. The summed E-state index contributed by atoms with van der Waals surface area (Å²) in [6, 6.07) is 11.7. The van der Waals surface area contributed by atoms with Crippen LogP contribution >= 0.6 is 23.4 Å². The molecule has 2 aromatic carbocycles. The quantitative estimate of drug-likeness (QED) is 0.652. The summed E-state index contributed by atoms with van der Waals surface area (Å²) in [4.78, 5) is 12.2. The molecule has 1 amide bonds. The Morgan fingerprint density at radius 2 is 1.96 bits per heavy atom. The van der Waals surface area contributed by atoms with Crippen LogP contribution in [-0.2, 0) is 4.79 Å². The van der Waals surface area contributed by atoms with Crippen molar-refractivity contribution in [3.8, 4) is 5.69 Å². The van der Waals surface area contributed by atoms with Crippen LogP contribution in [0.15, 0.2) is 47.9 Å². The third kappa shape index (κ3) is 4.26. The van der Waals surface area contributed by atoms with Crippen molar-refractivity contribution in [2.24, 2.45) is 0 Å². The van der Waals surface area contributed by atoms with E-state index in [-0.39, 0.29) is 11.7 Å². The van der Waals surface area contributed by atoms with E-state index in [0.717, 1.165) is 11.3 Å². The topological polar surface area (TPSA) is 59.8 Å². The highest BCUT2D eigenvalue weighted by atomic mass is 35.5. The Balaban J connectivity index is 1.68. The highest BCUT2D eigenvalue weighted by molar-refractivity contribution is 7.99. The fourth-order valence-corrected chi connectivity index (χ4v) is 3.42. The first-order valence-corrected chi connectivity index (χ1v) is 9.47. The lowest BCUT2D eigenvalue weighted by Gasteiger charge is -2.09. The van der Waals surface area contributed by atoms with Crippen LogP contribution < -0.4 is 5.32 Å². The molecule has 0 aliphatic heterocycles. The Bertz CT molecular complexity index is 954. The number of aryl methyl sites for hydroxylation is 3. The molecule has 0 unspecified atom stereocenters. The predicted octanol–water partition coefficient (Wildman–Crippen LogP) is 4.58. The number of hydrogen-bond donors (Lipinski definition) is 1. The summed E-state index contributed by atoms with van der Waals surface area (Å²) in [5.74, 6) is 0.0729. The number of halogens is 1. The Hall–Kier alpha value is -2.31. The largest absolute Gasteiger partial charge is 0.324 e. The molecule has 134 valence electrons. The van der Waals surface area contributed by atoms with E-state index in [0.29, 0.717) is 15.9 Å². The molecule has 3 aromatic rings. The fourth-order valence-electron chi connectivity index (χ4n) is 2.41. The van der Waals surface area contributed by atoms with Gasteiger partial charge in [0, 0.05) is 5.69 Å². The van der Waals surface area contributed by atoms with Gasteiger partial charge in [0.25, 0.3) is 0 Å².